The molecule has 1 aromatic heterocycles. The average molecular weight is 426 g/mol. The molecule has 1 aliphatic heterocycles. The first-order chi connectivity index (χ1) is 13.7. The van der Waals surface area contributed by atoms with E-state index in [4.69, 9.17) is 4.74 Å². The predicted molar refractivity (Wildman–Crippen MR) is 99.9 cm³/mol. The Labute approximate surface area is 167 Å². The van der Waals surface area contributed by atoms with Crippen LogP contribution in [0, 0.1) is 11.8 Å². The van der Waals surface area contributed by atoms with Gasteiger partial charge in [0.05, 0.1) is 12.7 Å². The van der Waals surface area contributed by atoms with Gasteiger partial charge in [-0.25, -0.2) is 8.42 Å². The highest BCUT2D eigenvalue weighted by Gasteiger charge is 2.48. The summed E-state index contributed by atoms with van der Waals surface area (Å²) in [4.78, 5) is 4.15. The Morgan fingerprint density at radius 2 is 1.93 bits per heavy atom. The zero-order chi connectivity index (χ0) is 20.8. The molecule has 2 aliphatic rings. The predicted octanol–water partition coefficient (Wildman–Crippen LogP) is 3.92. The third-order valence-corrected chi connectivity index (χ3v) is 7.93. The third kappa shape index (κ3) is 3.61. The highest BCUT2D eigenvalue weighted by atomic mass is 32.2. The smallest absolute Gasteiger partial charge is 0.417 e. The number of rotatable bonds is 4. The van der Waals surface area contributed by atoms with Gasteiger partial charge in [-0.15, -0.1) is 0 Å². The van der Waals surface area contributed by atoms with E-state index >= 15 is 0 Å². The molecular formula is C20H21F3N2O3S. The molecule has 4 rings (SSSR count). The summed E-state index contributed by atoms with van der Waals surface area (Å²) in [6.07, 6.45) is -2.01. The van der Waals surface area contributed by atoms with E-state index in [0.29, 0.717) is 30.5 Å². The third-order valence-electron chi connectivity index (χ3n) is 6.02. The first-order valence-corrected chi connectivity index (χ1v) is 10.8. The Morgan fingerprint density at radius 3 is 2.59 bits per heavy atom. The van der Waals surface area contributed by atoms with E-state index in [1.165, 1.54) is 23.5 Å². The van der Waals surface area contributed by atoms with Gasteiger partial charge < -0.3 is 4.74 Å². The Hall–Kier alpha value is -2.13. The second-order valence-corrected chi connectivity index (χ2v) is 9.44. The van der Waals surface area contributed by atoms with Gasteiger partial charge in [-0.3, -0.25) is 4.98 Å². The summed E-state index contributed by atoms with van der Waals surface area (Å²) in [6, 6.07) is 8.95. The molecule has 0 amide bonds. The number of ether oxygens (including phenoxy) is 1. The van der Waals surface area contributed by atoms with Crippen LogP contribution in [-0.2, 0) is 16.2 Å². The number of methoxy groups -OCH3 is 1. The molecule has 9 heteroatoms. The molecule has 1 saturated heterocycles. The molecule has 1 unspecified atom stereocenters. The maximum absolute atomic E-state index is 13.1. The number of aromatic nitrogens is 1. The van der Waals surface area contributed by atoms with Gasteiger partial charge in [0, 0.05) is 30.9 Å². The minimum absolute atomic E-state index is 0.0297. The lowest BCUT2D eigenvalue weighted by atomic mass is 9.61. The summed E-state index contributed by atoms with van der Waals surface area (Å²) in [5.74, 6) is 0.688. The molecule has 2 heterocycles. The number of hydrogen-bond acceptors (Lipinski definition) is 4. The minimum Gasteiger partial charge on any atom is -0.495 e. The van der Waals surface area contributed by atoms with E-state index < -0.39 is 21.8 Å². The van der Waals surface area contributed by atoms with Crippen LogP contribution in [0.2, 0.25) is 0 Å². The molecule has 0 spiro atoms. The summed E-state index contributed by atoms with van der Waals surface area (Å²) in [5, 5.41) is 0. The lowest BCUT2D eigenvalue weighted by Gasteiger charge is -2.50. The van der Waals surface area contributed by atoms with Crippen molar-refractivity contribution in [2.45, 2.75) is 29.8 Å². The fourth-order valence-corrected chi connectivity index (χ4v) is 6.02. The first kappa shape index (κ1) is 20.2. The number of fused-ring (bicyclic) bond motifs is 1. The number of benzene rings is 1. The zero-order valence-corrected chi connectivity index (χ0v) is 16.6. The molecular weight excluding hydrogens is 405 g/mol. The van der Waals surface area contributed by atoms with Crippen molar-refractivity contribution in [3.8, 4) is 5.75 Å². The number of pyridine rings is 1. The van der Waals surface area contributed by atoms with Crippen LogP contribution in [0.15, 0.2) is 47.5 Å². The monoisotopic (exact) mass is 426 g/mol. The van der Waals surface area contributed by atoms with Crippen molar-refractivity contribution in [1.82, 2.24) is 9.29 Å². The van der Waals surface area contributed by atoms with Gasteiger partial charge in [0.15, 0.2) is 0 Å². The van der Waals surface area contributed by atoms with Crippen LogP contribution in [0.25, 0.3) is 0 Å². The van der Waals surface area contributed by atoms with Crippen LogP contribution in [0.1, 0.15) is 30.0 Å². The molecule has 3 atom stereocenters. The van der Waals surface area contributed by atoms with E-state index in [0.717, 1.165) is 25.1 Å². The fourth-order valence-electron chi connectivity index (χ4n) is 4.37. The molecule has 2 fully saturated rings. The topological polar surface area (TPSA) is 59.5 Å². The van der Waals surface area contributed by atoms with Crippen LogP contribution in [0.5, 0.6) is 5.75 Å². The first-order valence-electron chi connectivity index (χ1n) is 9.38. The Balaban J connectivity index is 1.54. The van der Waals surface area contributed by atoms with E-state index in [1.807, 2.05) is 0 Å². The fraction of sp³-hybridized carbons (Fsp3) is 0.450. The summed E-state index contributed by atoms with van der Waals surface area (Å²) in [7, 11) is -2.29. The van der Waals surface area contributed by atoms with Crippen LogP contribution in [-0.4, -0.2) is 37.9 Å². The van der Waals surface area contributed by atoms with E-state index in [9.17, 15) is 21.6 Å². The van der Waals surface area contributed by atoms with E-state index in [-0.39, 0.29) is 16.7 Å². The zero-order valence-electron chi connectivity index (χ0n) is 15.8. The number of sulfonamides is 1. The quantitative estimate of drug-likeness (QED) is 0.744. The Kier molecular flexibility index (Phi) is 5.06. The summed E-state index contributed by atoms with van der Waals surface area (Å²) in [6.45, 7) is 0.757. The molecule has 1 aromatic carbocycles. The average Bonchev–Trinajstić information content (AvgIpc) is 2.68. The van der Waals surface area contributed by atoms with Crippen LogP contribution >= 0.6 is 0 Å². The number of alkyl halides is 3. The van der Waals surface area contributed by atoms with Crippen molar-refractivity contribution >= 4 is 10.0 Å². The molecule has 0 N–H and O–H groups in total. The summed E-state index contributed by atoms with van der Waals surface area (Å²) >= 11 is 0. The molecule has 2 aromatic rings. The van der Waals surface area contributed by atoms with Crippen molar-refractivity contribution in [3.63, 3.8) is 0 Å². The number of para-hydroxylation sites is 1. The van der Waals surface area contributed by atoms with Crippen molar-refractivity contribution in [3.05, 3.63) is 53.9 Å². The lowest BCUT2D eigenvalue weighted by molar-refractivity contribution is -0.137. The SMILES string of the molecule is COc1ccccc1S(=O)(=O)N1CC[C@@H]2CC(c3ccc(C(F)(F)F)cn3)[C@@H]2C1. The maximum atomic E-state index is 13.1. The van der Waals surface area contributed by atoms with E-state index in [1.54, 1.807) is 18.2 Å². The molecule has 5 nitrogen and oxygen atoms in total. The van der Waals surface area contributed by atoms with Crippen LogP contribution < -0.4 is 4.74 Å². The summed E-state index contributed by atoms with van der Waals surface area (Å²) < 4.78 is 71.3. The van der Waals surface area contributed by atoms with Gasteiger partial charge in [0.25, 0.3) is 0 Å². The normalized spacial score (nSPS) is 25.2. The molecule has 0 bridgehead atoms. The lowest BCUT2D eigenvalue weighted by Crippen LogP contribution is -2.51. The standard InChI is InChI=1S/C20H21F3N2O3S/c1-28-18-4-2-3-5-19(18)29(26,27)25-9-8-13-10-15(16(13)12-25)17-7-6-14(11-24-17)20(21,22)23/h2-7,11,13,15-16H,8-10,12H2,1H3/t13-,15?,16-/m1/s1. The second-order valence-electron chi connectivity index (χ2n) is 7.54. The van der Waals surface area contributed by atoms with Crippen LogP contribution in [0.3, 0.4) is 0 Å². The Morgan fingerprint density at radius 1 is 1.17 bits per heavy atom. The minimum atomic E-state index is -4.42. The van der Waals surface area contributed by atoms with Gasteiger partial charge in [-0.1, -0.05) is 12.1 Å². The number of piperidine rings is 1. The molecule has 0 radical (unpaired) electrons. The van der Waals surface area contributed by atoms with Gasteiger partial charge in [0.1, 0.15) is 10.6 Å². The molecule has 1 aliphatic carbocycles. The molecule has 29 heavy (non-hydrogen) atoms. The number of nitrogens with zero attached hydrogens (tertiary/aromatic N) is 2. The second kappa shape index (κ2) is 7.28. The Bertz CT molecular complexity index is 993. The maximum Gasteiger partial charge on any atom is 0.417 e. The number of halogens is 3. The van der Waals surface area contributed by atoms with Gasteiger partial charge in [-0.05, 0) is 48.9 Å². The van der Waals surface area contributed by atoms with E-state index in [2.05, 4.69) is 4.98 Å². The highest BCUT2D eigenvalue weighted by molar-refractivity contribution is 7.89. The summed E-state index contributed by atoms with van der Waals surface area (Å²) in [5.41, 5.74) is -0.183. The van der Waals surface area contributed by atoms with Gasteiger partial charge in [-0.2, -0.15) is 17.5 Å². The van der Waals surface area contributed by atoms with Gasteiger partial charge >= 0.3 is 6.18 Å². The van der Waals surface area contributed by atoms with Crippen molar-refractivity contribution in [2.24, 2.45) is 11.8 Å². The van der Waals surface area contributed by atoms with Crippen molar-refractivity contribution in [1.29, 1.82) is 0 Å². The molecule has 1 saturated carbocycles. The number of hydrogen-bond donors (Lipinski definition) is 0. The molecule has 156 valence electrons. The highest BCUT2D eigenvalue weighted by Crippen LogP contribution is 2.51. The van der Waals surface area contributed by atoms with Crippen LogP contribution in [0.4, 0.5) is 13.2 Å². The van der Waals surface area contributed by atoms with Crippen molar-refractivity contribution < 1.29 is 26.3 Å². The van der Waals surface area contributed by atoms with Crippen molar-refractivity contribution in [2.75, 3.05) is 20.2 Å². The van der Waals surface area contributed by atoms with Gasteiger partial charge in [0.2, 0.25) is 10.0 Å². The largest absolute Gasteiger partial charge is 0.495 e.